The fraction of sp³-hybridized carbons (Fsp3) is 0. The molecule has 4 heteroatoms. The first-order valence-electron chi connectivity index (χ1n) is 16.8. The topological polar surface area (TPSA) is 38.9 Å². The van der Waals surface area contributed by atoms with Crippen molar-refractivity contribution in [2.24, 2.45) is 0 Å². The van der Waals surface area contributed by atoms with Gasteiger partial charge in [-0.15, -0.1) is 11.3 Å². The molecule has 0 amide bonds. The zero-order chi connectivity index (χ0) is 32.8. The first kappa shape index (κ1) is 27.6. The molecule has 4 aromatic heterocycles. The Morgan fingerprint density at radius 2 is 1.08 bits per heavy atom. The average molecular weight is 655 g/mol. The van der Waals surface area contributed by atoms with Crippen molar-refractivity contribution in [1.82, 2.24) is 9.97 Å². The Bertz CT molecular complexity index is 3160. The Hall–Kier alpha value is -6.36. The van der Waals surface area contributed by atoms with Crippen LogP contribution in [0.15, 0.2) is 162 Å². The number of aromatic nitrogens is 2. The van der Waals surface area contributed by atoms with Gasteiger partial charge in [0.15, 0.2) is 0 Å². The lowest BCUT2D eigenvalue weighted by atomic mass is 9.93. The molecule has 0 N–H and O–H groups in total. The van der Waals surface area contributed by atoms with E-state index in [1.54, 1.807) is 0 Å². The van der Waals surface area contributed by atoms with E-state index in [2.05, 4.69) is 140 Å². The van der Waals surface area contributed by atoms with Crippen molar-refractivity contribution in [3.8, 4) is 33.6 Å². The summed E-state index contributed by atoms with van der Waals surface area (Å²) in [5, 5.41) is 9.18. The molecule has 11 rings (SSSR count). The highest BCUT2D eigenvalue weighted by molar-refractivity contribution is 7.26. The monoisotopic (exact) mass is 654 g/mol. The minimum absolute atomic E-state index is 0.851. The van der Waals surface area contributed by atoms with Crippen LogP contribution in [0.2, 0.25) is 0 Å². The van der Waals surface area contributed by atoms with Crippen LogP contribution in [0.25, 0.3) is 108 Å². The van der Waals surface area contributed by atoms with E-state index >= 15 is 0 Å². The van der Waals surface area contributed by atoms with Gasteiger partial charge in [0.25, 0.3) is 0 Å². The number of nitrogens with zero attached hydrogens (tertiary/aromatic N) is 2. The van der Waals surface area contributed by atoms with Crippen molar-refractivity contribution >= 4 is 86.0 Å². The maximum absolute atomic E-state index is 6.74. The van der Waals surface area contributed by atoms with Crippen LogP contribution in [0, 0.1) is 0 Å². The van der Waals surface area contributed by atoms with Crippen LogP contribution in [0.1, 0.15) is 0 Å². The van der Waals surface area contributed by atoms with Gasteiger partial charge in [0.2, 0.25) is 0 Å². The Morgan fingerprint density at radius 3 is 1.92 bits per heavy atom. The Labute approximate surface area is 290 Å². The number of thiophene rings is 1. The van der Waals surface area contributed by atoms with Gasteiger partial charge in [-0.05, 0) is 41.3 Å². The van der Waals surface area contributed by atoms with Crippen LogP contribution in [0.4, 0.5) is 0 Å². The van der Waals surface area contributed by atoms with Gasteiger partial charge in [0, 0.05) is 63.8 Å². The van der Waals surface area contributed by atoms with Crippen molar-refractivity contribution in [1.29, 1.82) is 0 Å². The molecule has 4 heterocycles. The van der Waals surface area contributed by atoms with Crippen molar-refractivity contribution < 1.29 is 4.42 Å². The summed E-state index contributed by atoms with van der Waals surface area (Å²) in [6.45, 7) is 0. The van der Waals surface area contributed by atoms with E-state index in [4.69, 9.17) is 14.4 Å². The van der Waals surface area contributed by atoms with Crippen LogP contribution < -0.4 is 0 Å². The van der Waals surface area contributed by atoms with E-state index in [1.807, 2.05) is 29.5 Å². The van der Waals surface area contributed by atoms with Gasteiger partial charge in [-0.3, -0.25) is 0 Å². The highest BCUT2D eigenvalue weighted by Crippen LogP contribution is 2.46. The number of fused-ring (bicyclic) bond motifs is 11. The SMILES string of the molecule is c1ccc(-c2ccc3ccc4ccc(-c5cccc6oc7c8ccccc8c(-c8cccc9c8sc8ccccc89)cc7c56)nc4c3n2)cc1. The van der Waals surface area contributed by atoms with E-state index in [1.165, 1.54) is 36.7 Å². The summed E-state index contributed by atoms with van der Waals surface area (Å²) in [6, 6.07) is 55.8. The number of rotatable bonds is 3. The fourth-order valence-electron chi connectivity index (χ4n) is 7.73. The van der Waals surface area contributed by atoms with Crippen molar-refractivity contribution in [3.63, 3.8) is 0 Å². The summed E-state index contributed by atoms with van der Waals surface area (Å²) < 4.78 is 9.34. The molecule has 232 valence electrons. The maximum Gasteiger partial charge on any atom is 0.143 e. The van der Waals surface area contributed by atoms with Gasteiger partial charge < -0.3 is 4.42 Å². The first-order valence-corrected chi connectivity index (χ1v) is 17.6. The smallest absolute Gasteiger partial charge is 0.143 e. The lowest BCUT2D eigenvalue weighted by molar-refractivity contribution is 0.673. The average Bonchev–Trinajstić information content (AvgIpc) is 3.76. The summed E-state index contributed by atoms with van der Waals surface area (Å²) in [4.78, 5) is 10.5. The van der Waals surface area contributed by atoms with Gasteiger partial charge in [-0.25, -0.2) is 9.97 Å². The molecule has 7 aromatic carbocycles. The van der Waals surface area contributed by atoms with Crippen molar-refractivity contribution in [3.05, 3.63) is 158 Å². The third-order valence-corrected chi connectivity index (χ3v) is 11.3. The first-order chi connectivity index (χ1) is 24.8. The van der Waals surface area contributed by atoms with E-state index < -0.39 is 0 Å². The summed E-state index contributed by atoms with van der Waals surface area (Å²) >= 11 is 1.86. The van der Waals surface area contributed by atoms with E-state index in [-0.39, 0.29) is 0 Å². The van der Waals surface area contributed by atoms with E-state index in [0.717, 1.165) is 71.6 Å². The summed E-state index contributed by atoms with van der Waals surface area (Å²) in [6.07, 6.45) is 0. The molecule has 50 heavy (non-hydrogen) atoms. The van der Waals surface area contributed by atoms with Gasteiger partial charge in [0.05, 0.1) is 22.4 Å². The molecule has 0 saturated heterocycles. The van der Waals surface area contributed by atoms with Crippen LogP contribution in [0.3, 0.4) is 0 Å². The second-order valence-corrected chi connectivity index (χ2v) is 13.9. The highest BCUT2D eigenvalue weighted by Gasteiger charge is 2.20. The zero-order valence-electron chi connectivity index (χ0n) is 26.7. The number of pyridine rings is 2. The predicted octanol–water partition coefficient (Wildman–Crippen LogP) is 13.2. The molecule has 0 aliphatic carbocycles. The molecule has 0 saturated carbocycles. The standard InChI is InChI=1S/C46H26N2OS/c1-2-10-27(11-3-1)38-24-22-28-20-21-29-23-25-39(48-44(29)43(28)47-38)35-17-9-18-40-42(35)37-26-36(30-12-4-5-14-32(30)45(37)49-40)34-16-8-15-33-31-13-6-7-19-41(31)50-46(33)34/h1-26H. The Kier molecular flexibility index (Phi) is 5.83. The Balaban J connectivity index is 1.18. The number of benzene rings is 7. The molecule has 0 spiro atoms. The highest BCUT2D eigenvalue weighted by atomic mass is 32.1. The second-order valence-electron chi connectivity index (χ2n) is 12.9. The molecule has 0 radical (unpaired) electrons. The largest absolute Gasteiger partial charge is 0.455 e. The molecule has 11 aromatic rings. The molecule has 3 nitrogen and oxygen atoms in total. The van der Waals surface area contributed by atoms with Crippen molar-refractivity contribution in [2.75, 3.05) is 0 Å². The molecule has 0 aliphatic rings. The van der Waals surface area contributed by atoms with Crippen LogP contribution >= 0.6 is 11.3 Å². The molecule has 0 atom stereocenters. The van der Waals surface area contributed by atoms with Crippen LogP contribution in [-0.2, 0) is 0 Å². The normalized spacial score (nSPS) is 12.0. The lowest BCUT2D eigenvalue weighted by Crippen LogP contribution is -1.91. The molecule has 0 unspecified atom stereocenters. The maximum atomic E-state index is 6.74. The van der Waals surface area contributed by atoms with Crippen LogP contribution in [-0.4, -0.2) is 9.97 Å². The number of hydrogen-bond acceptors (Lipinski definition) is 4. The third-order valence-electron chi connectivity index (χ3n) is 10.1. The quantitative estimate of drug-likeness (QED) is 0.178. The third kappa shape index (κ3) is 4.03. The Morgan fingerprint density at radius 1 is 0.440 bits per heavy atom. The van der Waals surface area contributed by atoms with Gasteiger partial charge in [-0.1, -0.05) is 127 Å². The minimum Gasteiger partial charge on any atom is -0.455 e. The minimum atomic E-state index is 0.851. The van der Waals surface area contributed by atoms with Crippen molar-refractivity contribution in [2.45, 2.75) is 0 Å². The number of furan rings is 1. The zero-order valence-corrected chi connectivity index (χ0v) is 27.5. The molecule has 0 aliphatic heterocycles. The van der Waals surface area contributed by atoms with Gasteiger partial charge in [-0.2, -0.15) is 0 Å². The predicted molar refractivity (Wildman–Crippen MR) is 211 cm³/mol. The van der Waals surface area contributed by atoms with E-state index in [0.29, 0.717) is 0 Å². The second kappa shape index (κ2) is 10.6. The fourth-order valence-corrected chi connectivity index (χ4v) is 8.96. The van der Waals surface area contributed by atoms with Gasteiger partial charge in [0.1, 0.15) is 11.2 Å². The summed E-state index contributed by atoms with van der Waals surface area (Å²) in [7, 11) is 0. The molecule has 0 fully saturated rings. The number of hydrogen-bond donors (Lipinski definition) is 0. The van der Waals surface area contributed by atoms with Gasteiger partial charge >= 0.3 is 0 Å². The summed E-state index contributed by atoms with van der Waals surface area (Å²) in [5.74, 6) is 0. The molecular formula is C46H26N2OS. The molecule has 0 bridgehead atoms. The van der Waals surface area contributed by atoms with Crippen LogP contribution in [0.5, 0.6) is 0 Å². The lowest BCUT2D eigenvalue weighted by Gasteiger charge is -2.11. The summed E-state index contributed by atoms with van der Waals surface area (Å²) in [5.41, 5.74) is 9.96. The van der Waals surface area contributed by atoms with E-state index in [9.17, 15) is 0 Å². The molecular weight excluding hydrogens is 629 g/mol.